The van der Waals surface area contributed by atoms with Gasteiger partial charge in [0.15, 0.2) is 0 Å². The lowest BCUT2D eigenvalue weighted by Gasteiger charge is -1.90. The van der Waals surface area contributed by atoms with Crippen LogP contribution in [0.15, 0.2) is 30.1 Å². The lowest BCUT2D eigenvalue weighted by atomic mass is 10.3. The van der Waals surface area contributed by atoms with Crippen LogP contribution in [0.4, 0.5) is 0 Å². The zero-order valence-corrected chi connectivity index (χ0v) is 4.72. The van der Waals surface area contributed by atoms with Crippen LogP contribution in [0, 0.1) is 6.08 Å². The predicted octanol–water partition coefficient (Wildman–Crippen LogP) is 1.45. The van der Waals surface area contributed by atoms with Crippen molar-refractivity contribution in [2.45, 2.75) is 0 Å². The van der Waals surface area contributed by atoms with E-state index in [0.717, 1.165) is 5.76 Å². The van der Waals surface area contributed by atoms with Crippen LogP contribution >= 0.6 is 0 Å². The topological polar surface area (TPSA) is 9.23 Å². The van der Waals surface area contributed by atoms with Crippen LogP contribution in [0.5, 0.6) is 0 Å². The molecule has 1 heteroatoms. The molecule has 0 aromatic rings. The van der Waals surface area contributed by atoms with E-state index in [1.807, 2.05) is 24.3 Å². The maximum atomic E-state index is 4.89. The van der Waals surface area contributed by atoms with Crippen molar-refractivity contribution in [2.24, 2.45) is 0 Å². The van der Waals surface area contributed by atoms with Gasteiger partial charge in [-0.3, -0.25) is 0 Å². The number of methoxy groups -OCH3 is 1. The molecule has 0 amide bonds. The van der Waals surface area contributed by atoms with Crippen LogP contribution in [0.3, 0.4) is 0 Å². The number of rotatable bonds is 1. The molecule has 0 N–H and O–H groups in total. The molecule has 0 heterocycles. The van der Waals surface area contributed by atoms with E-state index in [0.29, 0.717) is 0 Å². The zero-order valence-electron chi connectivity index (χ0n) is 4.72. The third-order valence-corrected chi connectivity index (χ3v) is 0.923. The molecule has 0 bridgehead atoms. The fraction of sp³-hybridized carbons (Fsp3) is 0.143. The quantitative estimate of drug-likeness (QED) is 0.461. The van der Waals surface area contributed by atoms with E-state index in [-0.39, 0.29) is 0 Å². The Morgan fingerprint density at radius 3 is 2.88 bits per heavy atom. The lowest BCUT2D eigenvalue weighted by Crippen LogP contribution is -1.81. The summed E-state index contributed by atoms with van der Waals surface area (Å²) in [6, 6.07) is 0. The minimum Gasteiger partial charge on any atom is -0.475 e. The van der Waals surface area contributed by atoms with E-state index < -0.39 is 0 Å². The molecule has 0 atom stereocenters. The number of hydrogen-bond acceptors (Lipinski definition) is 1. The van der Waals surface area contributed by atoms with Gasteiger partial charge in [-0.05, 0) is 0 Å². The van der Waals surface area contributed by atoms with Gasteiger partial charge in [0.2, 0.25) is 5.76 Å². The zero-order chi connectivity index (χ0) is 5.82. The van der Waals surface area contributed by atoms with E-state index in [1.54, 1.807) is 7.11 Å². The standard InChI is InChI=1S/C7H7O/c1-8-7-5-3-2-4-6-7/h3-6H,1H3/q+1. The average molecular weight is 107 g/mol. The van der Waals surface area contributed by atoms with Crippen molar-refractivity contribution in [3.8, 4) is 0 Å². The molecular formula is C7H7O+. The first-order chi connectivity index (χ1) is 3.93. The van der Waals surface area contributed by atoms with Gasteiger partial charge < -0.3 is 4.74 Å². The summed E-state index contributed by atoms with van der Waals surface area (Å²) in [5.74, 6) is 0.878. The highest BCUT2D eigenvalue weighted by Crippen LogP contribution is 2.01. The van der Waals surface area contributed by atoms with Gasteiger partial charge in [-0.15, -0.1) is 0 Å². The summed E-state index contributed by atoms with van der Waals surface area (Å²) >= 11 is 0. The molecule has 40 valence electrons. The van der Waals surface area contributed by atoms with Gasteiger partial charge >= 0.3 is 0 Å². The Morgan fingerprint density at radius 2 is 2.50 bits per heavy atom. The van der Waals surface area contributed by atoms with Crippen LogP contribution in [0.1, 0.15) is 0 Å². The fourth-order valence-electron chi connectivity index (χ4n) is 0.508. The van der Waals surface area contributed by atoms with E-state index in [9.17, 15) is 0 Å². The van der Waals surface area contributed by atoms with Gasteiger partial charge in [-0.25, -0.2) is 0 Å². The first kappa shape index (κ1) is 5.07. The average Bonchev–Trinajstić information content (AvgIpc) is 1.90. The minimum absolute atomic E-state index is 0.878. The highest BCUT2D eigenvalue weighted by molar-refractivity contribution is 5.24. The van der Waals surface area contributed by atoms with Gasteiger partial charge in [0.05, 0.1) is 19.3 Å². The Hall–Kier alpha value is -1.07. The summed E-state index contributed by atoms with van der Waals surface area (Å²) in [7, 11) is 1.65. The van der Waals surface area contributed by atoms with E-state index in [1.165, 1.54) is 0 Å². The summed E-state index contributed by atoms with van der Waals surface area (Å²) < 4.78 is 4.89. The molecule has 0 unspecified atom stereocenters. The van der Waals surface area contributed by atoms with Crippen LogP contribution < -0.4 is 0 Å². The van der Waals surface area contributed by atoms with Crippen molar-refractivity contribution in [1.82, 2.24) is 0 Å². The van der Waals surface area contributed by atoms with Gasteiger partial charge in [-0.2, -0.15) is 0 Å². The number of ether oxygens (including phenoxy) is 1. The highest BCUT2D eigenvalue weighted by Gasteiger charge is 1.97. The van der Waals surface area contributed by atoms with Crippen molar-refractivity contribution >= 4 is 0 Å². The molecule has 0 aromatic heterocycles. The predicted molar refractivity (Wildman–Crippen MR) is 32.0 cm³/mol. The molecule has 0 spiro atoms. The second-order valence-electron chi connectivity index (χ2n) is 1.44. The second-order valence-corrected chi connectivity index (χ2v) is 1.44. The van der Waals surface area contributed by atoms with Crippen molar-refractivity contribution in [1.29, 1.82) is 0 Å². The monoisotopic (exact) mass is 107 g/mol. The fourth-order valence-corrected chi connectivity index (χ4v) is 0.508. The molecule has 1 nitrogen and oxygen atoms in total. The van der Waals surface area contributed by atoms with Crippen LogP contribution in [0.2, 0.25) is 0 Å². The van der Waals surface area contributed by atoms with Gasteiger partial charge in [-0.1, -0.05) is 0 Å². The molecule has 8 heavy (non-hydrogen) atoms. The highest BCUT2D eigenvalue weighted by atomic mass is 16.5. The van der Waals surface area contributed by atoms with E-state index >= 15 is 0 Å². The van der Waals surface area contributed by atoms with E-state index in [2.05, 4.69) is 6.08 Å². The smallest absolute Gasteiger partial charge is 0.232 e. The Labute approximate surface area is 49.0 Å². The van der Waals surface area contributed by atoms with Crippen LogP contribution in [-0.2, 0) is 4.74 Å². The van der Waals surface area contributed by atoms with Crippen molar-refractivity contribution in [3.63, 3.8) is 0 Å². The summed E-state index contributed by atoms with van der Waals surface area (Å²) in [6.07, 6.45) is 10.2. The van der Waals surface area contributed by atoms with Gasteiger partial charge in [0, 0.05) is 6.08 Å². The molecule has 0 aromatic carbocycles. The molecule has 1 rings (SSSR count). The first-order valence-electron chi connectivity index (χ1n) is 2.43. The van der Waals surface area contributed by atoms with Crippen LogP contribution in [-0.4, -0.2) is 7.11 Å². The minimum atomic E-state index is 0.878. The summed E-state index contributed by atoms with van der Waals surface area (Å²) in [5.41, 5.74) is 0. The van der Waals surface area contributed by atoms with E-state index in [4.69, 9.17) is 4.74 Å². The Bertz CT molecular complexity index is 152. The third kappa shape index (κ3) is 0.955. The van der Waals surface area contributed by atoms with Gasteiger partial charge in [0.25, 0.3) is 0 Å². The third-order valence-electron chi connectivity index (χ3n) is 0.923. The van der Waals surface area contributed by atoms with Crippen molar-refractivity contribution in [3.05, 3.63) is 36.1 Å². The summed E-state index contributed by atoms with van der Waals surface area (Å²) in [4.78, 5) is 0. The SMILES string of the molecule is COC1=CC=[C+]C=C1. The first-order valence-corrected chi connectivity index (χ1v) is 2.43. The molecular weight excluding hydrogens is 100 g/mol. The van der Waals surface area contributed by atoms with Crippen LogP contribution in [0.25, 0.3) is 0 Å². The largest absolute Gasteiger partial charge is 0.475 e. The van der Waals surface area contributed by atoms with Gasteiger partial charge in [0.1, 0.15) is 12.2 Å². The molecule has 0 saturated carbocycles. The van der Waals surface area contributed by atoms with Crippen molar-refractivity contribution < 1.29 is 4.74 Å². The molecule has 0 fully saturated rings. The summed E-state index contributed by atoms with van der Waals surface area (Å²) in [6.45, 7) is 0. The Kier molecular flexibility index (Phi) is 1.45. The maximum absolute atomic E-state index is 4.89. The maximum Gasteiger partial charge on any atom is 0.232 e. The molecule has 1 aliphatic carbocycles. The molecule has 1 aliphatic rings. The lowest BCUT2D eigenvalue weighted by molar-refractivity contribution is 0.306. The molecule has 0 radical (unpaired) electrons. The van der Waals surface area contributed by atoms with Crippen molar-refractivity contribution in [2.75, 3.05) is 7.11 Å². The second kappa shape index (κ2) is 2.29. The Morgan fingerprint density at radius 1 is 1.62 bits per heavy atom. The Balaban J connectivity index is 2.68. The number of allylic oxidation sites excluding steroid dienone is 5. The number of hydrogen-bond donors (Lipinski definition) is 0. The normalized spacial score (nSPS) is 14.9. The molecule has 0 aliphatic heterocycles. The summed E-state index contributed by atoms with van der Waals surface area (Å²) in [5, 5.41) is 0. The molecule has 0 saturated heterocycles.